The number of amides is 1. The Bertz CT molecular complexity index is 573. The Kier molecular flexibility index (Phi) is 4.91. The number of rotatable bonds is 3. The van der Waals surface area contributed by atoms with Gasteiger partial charge in [0.15, 0.2) is 0 Å². The van der Waals surface area contributed by atoms with Crippen LogP contribution in [0.3, 0.4) is 0 Å². The van der Waals surface area contributed by atoms with Crippen LogP contribution in [-0.4, -0.2) is 22.5 Å². The number of carbonyl (C=O) groups excluding carboxylic acids is 1. The van der Waals surface area contributed by atoms with E-state index < -0.39 is 11.5 Å². The van der Waals surface area contributed by atoms with Crippen LogP contribution in [-0.2, 0) is 4.79 Å². The van der Waals surface area contributed by atoms with Crippen molar-refractivity contribution in [3.63, 3.8) is 0 Å². The Balaban J connectivity index is 2.31. The third-order valence-electron chi connectivity index (χ3n) is 4.45. The maximum Gasteiger partial charge on any atom is 0.329 e. The average Bonchev–Trinajstić information content (AvgIpc) is 2.44. The summed E-state index contributed by atoms with van der Waals surface area (Å²) in [5.41, 5.74) is 0.431. The monoisotopic (exact) mass is 401 g/mol. The largest absolute Gasteiger partial charge is 0.479 e. The molecule has 0 spiro atoms. The molecule has 2 atom stereocenters. The molecule has 2 unspecified atom stereocenters. The van der Waals surface area contributed by atoms with Crippen molar-refractivity contribution in [3.05, 3.63) is 32.9 Å². The fraction of sp³-hybridized carbons (Fsp3) is 0.500. The first kappa shape index (κ1) is 16.3. The summed E-state index contributed by atoms with van der Waals surface area (Å²) in [7, 11) is 0. The van der Waals surface area contributed by atoms with Crippen LogP contribution in [0.15, 0.2) is 18.2 Å². The predicted octanol–water partition coefficient (Wildman–Crippen LogP) is 3.36. The minimum atomic E-state index is -1.14. The number of hydrogen-bond acceptors (Lipinski definition) is 2. The van der Waals surface area contributed by atoms with E-state index in [1.165, 1.54) is 0 Å². The molecule has 1 fully saturated rings. The normalized spacial score (nSPS) is 25.4. The van der Waals surface area contributed by atoms with E-state index >= 15 is 0 Å². The molecule has 5 heteroatoms. The van der Waals surface area contributed by atoms with Crippen LogP contribution >= 0.6 is 22.6 Å². The second-order valence-corrected chi connectivity index (χ2v) is 6.89. The van der Waals surface area contributed by atoms with Gasteiger partial charge in [0.25, 0.3) is 5.91 Å². The fourth-order valence-corrected chi connectivity index (χ4v) is 3.60. The second kappa shape index (κ2) is 6.34. The topological polar surface area (TPSA) is 66.4 Å². The molecule has 114 valence electrons. The van der Waals surface area contributed by atoms with Crippen LogP contribution in [0.1, 0.15) is 48.5 Å². The van der Waals surface area contributed by atoms with Gasteiger partial charge in [-0.25, -0.2) is 4.79 Å². The number of carboxylic acids is 1. The van der Waals surface area contributed by atoms with Crippen LogP contribution in [0.4, 0.5) is 0 Å². The average molecular weight is 401 g/mol. The van der Waals surface area contributed by atoms with Gasteiger partial charge >= 0.3 is 5.97 Å². The van der Waals surface area contributed by atoms with E-state index in [-0.39, 0.29) is 11.8 Å². The first-order valence-electron chi connectivity index (χ1n) is 7.19. The summed E-state index contributed by atoms with van der Waals surface area (Å²) in [6, 6.07) is 5.51. The van der Waals surface area contributed by atoms with Crippen molar-refractivity contribution in [1.29, 1.82) is 0 Å². The quantitative estimate of drug-likeness (QED) is 0.764. The van der Waals surface area contributed by atoms with Gasteiger partial charge in [0.2, 0.25) is 0 Å². The van der Waals surface area contributed by atoms with Crippen LogP contribution in [0.2, 0.25) is 0 Å². The van der Waals surface area contributed by atoms with Gasteiger partial charge in [-0.15, -0.1) is 0 Å². The lowest BCUT2D eigenvalue weighted by atomic mass is 9.73. The number of carboxylic acid groups (broad SMARTS) is 1. The molecule has 1 aromatic carbocycles. The number of aryl methyl sites for hydroxylation is 1. The molecule has 1 aliphatic rings. The zero-order chi connectivity index (χ0) is 15.6. The van der Waals surface area contributed by atoms with E-state index in [4.69, 9.17) is 0 Å². The molecule has 0 aliphatic heterocycles. The van der Waals surface area contributed by atoms with E-state index in [0.717, 1.165) is 28.4 Å². The summed E-state index contributed by atoms with van der Waals surface area (Å²) in [5, 5.41) is 12.5. The smallest absolute Gasteiger partial charge is 0.329 e. The highest BCUT2D eigenvalue weighted by Crippen LogP contribution is 2.34. The summed E-state index contributed by atoms with van der Waals surface area (Å²) in [6.07, 6.45) is 3.19. The molecule has 4 nitrogen and oxygen atoms in total. The van der Waals surface area contributed by atoms with Gasteiger partial charge in [0, 0.05) is 3.57 Å². The fourth-order valence-electron chi connectivity index (χ4n) is 3.00. The Morgan fingerprint density at radius 2 is 2.10 bits per heavy atom. The van der Waals surface area contributed by atoms with Crippen LogP contribution in [0.25, 0.3) is 0 Å². The molecule has 1 saturated carbocycles. The SMILES string of the molecule is Cc1cccc(C(=O)NC2(C(=O)O)CCCCC2C)c1I. The summed E-state index contributed by atoms with van der Waals surface area (Å²) in [5.74, 6) is -1.28. The highest BCUT2D eigenvalue weighted by molar-refractivity contribution is 14.1. The van der Waals surface area contributed by atoms with Gasteiger partial charge in [-0.05, 0) is 59.9 Å². The lowest BCUT2D eigenvalue weighted by Gasteiger charge is -2.39. The molecule has 2 rings (SSSR count). The molecule has 0 aromatic heterocycles. The molecule has 0 radical (unpaired) electrons. The molecule has 1 aromatic rings. The number of hydrogen-bond donors (Lipinski definition) is 2. The van der Waals surface area contributed by atoms with Crippen molar-refractivity contribution in [2.45, 2.75) is 45.1 Å². The number of benzene rings is 1. The molecule has 2 N–H and O–H groups in total. The first-order chi connectivity index (χ1) is 9.88. The molecule has 0 bridgehead atoms. The standard InChI is InChI=1S/C16H20INO3/c1-10-6-5-8-12(13(10)17)14(19)18-16(15(20)21)9-4-3-7-11(16)2/h5-6,8,11H,3-4,7,9H2,1-2H3,(H,18,19)(H,20,21). The van der Waals surface area contributed by atoms with E-state index in [0.29, 0.717) is 12.0 Å². The lowest BCUT2D eigenvalue weighted by Crippen LogP contribution is -2.60. The van der Waals surface area contributed by atoms with E-state index in [9.17, 15) is 14.7 Å². The highest BCUT2D eigenvalue weighted by atomic mass is 127. The molecular formula is C16H20INO3. The van der Waals surface area contributed by atoms with Gasteiger partial charge < -0.3 is 10.4 Å². The Labute approximate surface area is 138 Å². The van der Waals surface area contributed by atoms with Crippen molar-refractivity contribution < 1.29 is 14.7 Å². The minimum Gasteiger partial charge on any atom is -0.479 e. The second-order valence-electron chi connectivity index (χ2n) is 5.81. The summed E-state index contributed by atoms with van der Waals surface area (Å²) >= 11 is 2.13. The zero-order valence-corrected chi connectivity index (χ0v) is 14.4. The van der Waals surface area contributed by atoms with Gasteiger partial charge in [0.1, 0.15) is 5.54 Å². The Morgan fingerprint density at radius 3 is 2.71 bits per heavy atom. The van der Waals surface area contributed by atoms with E-state index in [1.54, 1.807) is 6.07 Å². The van der Waals surface area contributed by atoms with Crippen LogP contribution < -0.4 is 5.32 Å². The molecule has 0 saturated heterocycles. The van der Waals surface area contributed by atoms with Crippen molar-refractivity contribution in [2.24, 2.45) is 5.92 Å². The van der Waals surface area contributed by atoms with Gasteiger partial charge in [-0.1, -0.05) is 31.9 Å². The number of aliphatic carboxylic acids is 1. The lowest BCUT2D eigenvalue weighted by molar-refractivity contribution is -0.148. The van der Waals surface area contributed by atoms with Gasteiger partial charge in [0.05, 0.1) is 5.56 Å². The van der Waals surface area contributed by atoms with Crippen molar-refractivity contribution in [2.75, 3.05) is 0 Å². The Hall–Kier alpha value is -1.11. The van der Waals surface area contributed by atoms with Gasteiger partial charge in [-0.2, -0.15) is 0 Å². The minimum absolute atomic E-state index is 0.0600. The third-order valence-corrected chi connectivity index (χ3v) is 5.89. The zero-order valence-electron chi connectivity index (χ0n) is 12.3. The maximum atomic E-state index is 12.6. The molecule has 1 amide bonds. The van der Waals surface area contributed by atoms with E-state index in [2.05, 4.69) is 27.9 Å². The van der Waals surface area contributed by atoms with Crippen molar-refractivity contribution >= 4 is 34.5 Å². The van der Waals surface area contributed by atoms with Crippen LogP contribution in [0.5, 0.6) is 0 Å². The summed E-state index contributed by atoms with van der Waals surface area (Å²) in [4.78, 5) is 24.4. The highest BCUT2D eigenvalue weighted by Gasteiger charge is 2.46. The molecule has 0 heterocycles. The summed E-state index contributed by atoms with van der Waals surface area (Å²) < 4.78 is 0.872. The first-order valence-corrected chi connectivity index (χ1v) is 8.27. The Morgan fingerprint density at radius 1 is 1.38 bits per heavy atom. The van der Waals surface area contributed by atoms with E-state index in [1.807, 2.05) is 26.0 Å². The number of nitrogens with one attached hydrogen (secondary N) is 1. The third kappa shape index (κ3) is 3.07. The molecule has 1 aliphatic carbocycles. The molecule has 21 heavy (non-hydrogen) atoms. The molecular weight excluding hydrogens is 381 g/mol. The predicted molar refractivity (Wildman–Crippen MR) is 89.4 cm³/mol. The van der Waals surface area contributed by atoms with Crippen molar-refractivity contribution in [1.82, 2.24) is 5.32 Å². The van der Waals surface area contributed by atoms with Gasteiger partial charge in [-0.3, -0.25) is 4.79 Å². The van der Waals surface area contributed by atoms with Crippen LogP contribution in [0, 0.1) is 16.4 Å². The number of carbonyl (C=O) groups is 2. The number of halogens is 1. The summed E-state index contributed by atoms with van der Waals surface area (Å²) in [6.45, 7) is 3.85. The van der Waals surface area contributed by atoms with Crippen molar-refractivity contribution in [3.8, 4) is 0 Å². The maximum absolute atomic E-state index is 12.6.